The molecule has 0 aromatic heterocycles. The summed E-state index contributed by atoms with van der Waals surface area (Å²) in [5.74, 6) is -1.81. The average molecular weight is 1630 g/mol. The van der Waals surface area contributed by atoms with Crippen LogP contribution in [0.1, 0.15) is 404 Å². The topological polar surface area (TPSA) is 322 Å². The van der Waals surface area contributed by atoms with E-state index in [-0.39, 0.29) is 138 Å². The summed E-state index contributed by atoms with van der Waals surface area (Å²) in [7, 11) is -9.59. The zero-order chi connectivity index (χ0) is 79.5. The van der Waals surface area contributed by atoms with E-state index >= 15 is 0 Å². The number of rotatable bonds is 84. The largest absolute Gasteiger partial charge is 1.00 e. The minimum Gasteiger partial charge on any atom is -1.00 e. The Labute approximate surface area is 717 Å². The van der Waals surface area contributed by atoms with Gasteiger partial charge in [-0.3, -0.25) is 37.3 Å². The predicted octanol–water partition coefficient (Wildman–Crippen LogP) is 14.3. The van der Waals surface area contributed by atoms with Crippen LogP contribution in [0.2, 0.25) is 0 Å². The third-order valence-electron chi connectivity index (χ3n) is 19.8. The number of phosphoric acid groups is 2. The van der Waals surface area contributed by atoms with Crippen molar-refractivity contribution in [1.29, 1.82) is 0 Å². The van der Waals surface area contributed by atoms with Gasteiger partial charge in [0.2, 0.25) is 11.8 Å². The van der Waals surface area contributed by atoms with Crippen LogP contribution >= 0.6 is 15.6 Å². The van der Waals surface area contributed by atoms with Gasteiger partial charge in [0, 0.05) is 38.8 Å². The molecular formula is C83H166N4Na2O19P2. The Balaban J connectivity index is -0.00000954. The second kappa shape index (κ2) is 83.3. The molecule has 0 aromatic rings. The fraction of sp³-hybridized carbons (Fsp3) is 0.940. The summed E-state index contributed by atoms with van der Waals surface area (Å²) in [6.07, 6.45) is 52.9. The van der Waals surface area contributed by atoms with Crippen molar-refractivity contribution >= 4 is 45.4 Å². The molecule has 0 saturated carbocycles. The molecule has 0 spiro atoms. The normalized spacial score (nSPS) is 14.2. The van der Waals surface area contributed by atoms with Crippen LogP contribution < -0.4 is 80.4 Å². The molecule has 0 aromatic carbocycles. The van der Waals surface area contributed by atoms with Gasteiger partial charge in [0.15, 0.2) is 0 Å². The molecule has 0 saturated heterocycles. The van der Waals surface area contributed by atoms with Gasteiger partial charge in [0.1, 0.15) is 24.4 Å². The zero-order valence-corrected chi connectivity index (χ0v) is 77.2. The monoisotopic (exact) mass is 1630 g/mol. The molecule has 23 nitrogen and oxygen atoms in total. The maximum atomic E-state index is 13.4. The maximum absolute atomic E-state index is 13.4. The maximum Gasteiger partial charge on any atom is 1.00 e. The number of carbonyl (C=O) groups excluding carboxylic acids is 5. The van der Waals surface area contributed by atoms with Crippen LogP contribution in [-0.4, -0.2) is 152 Å². The first-order valence-electron chi connectivity index (χ1n) is 44.1. The molecule has 0 heterocycles. The number of carbonyl (C=O) groups is 5. The molecule has 0 aliphatic carbocycles. The fourth-order valence-electron chi connectivity index (χ4n) is 12.9. The number of phosphoric ester groups is 2. The number of nitrogens with one attached hydrogen (secondary N) is 4. The van der Waals surface area contributed by atoms with Crippen molar-refractivity contribution in [3.63, 3.8) is 0 Å². The number of aliphatic hydroxyl groups is 2. The van der Waals surface area contributed by atoms with Crippen molar-refractivity contribution < 1.29 is 152 Å². The van der Waals surface area contributed by atoms with Crippen molar-refractivity contribution in [2.75, 3.05) is 65.9 Å². The minimum absolute atomic E-state index is 0. The van der Waals surface area contributed by atoms with Gasteiger partial charge in [0.05, 0.1) is 64.9 Å². The van der Waals surface area contributed by atoms with E-state index < -0.39 is 84.2 Å². The van der Waals surface area contributed by atoms with Crippen molar-refractivity contribution in [3.05, 3.63) is 0 Å². The van der Waals surface area contributed by atoms with Gasteiger partial charge in [-0.25, -0.2) is 13.9 Å². The van der Waals surface area contributed by atoms with Crippen molar-refractivity contribution in [3.8, 4) is 0 Å². The minimum atomic E-state index is -4.80. The first kappa shape index (κ1) is 113. The van der Waals surface area contributed by atoms with Crippen LogP contribution in [-0.2, 0) is 65.4 Å². The summed E-state index contributed by atoms with van der Waals surface area (Å²) in [5.41, 5.74) is 0. The summed E-state index contributed by atoms with van der Waals surface area (Å²) in [6, 6.07) is -2.74. The fourth-order valence-corrected chi connectivity index (χ4v) is 14.5. The molecule has 8 atom stereocenters. The van der Waals surface area contributed by atoms with Crippen LogP contribution in [0.3, 0.4) is 0 Å². The molecule has 0 rings (SSSR count). The van der Waals surface area contributed by atoms with Gasteiger partial charge in [-0.15, -0.1) is 0 Å². The summed E-state index contributed by atoms with van der Waals surface area (Å²) < 4.78 is 71.4. The molecule has 110 heavy (non-hydrogen) atoms. The van der Waals surface area contributed by atoms with Gasteiger partial charge in [-0.05, 0) is 51.4 Å². The number of hydrogen-bond acceptors (Lipinski definition) is 17. The molecule has 27 heteroatoms. The molecule has 644 valence electrons. The first-order valence-corrected chi connectivity index (χ1v) is 47.1. The van der Waals surface area contributed by atoms with Gasteiger partial charge in [-0.2, -0.15) is 0 Å². The van der Waals surface area contributed by atoms with E-state index in [9.17, 15) is 53.1 Å². The van der Waals surface area contributed by atoms with E-state index in [2.05, 4.69) is 62.8 Å². The SMILES string of the molecule is CCCCCCCCCCCCC(O)C(=O)N[C@H](COCC[C@@H](CCCCCCC)OC(=O)CCCCCCCCCCC)COP(=O)(O)OCCNC(=O)NCCOP(=O)(O)OC[C@@H](COCC[C@@H](CCCCCCC)OC(=O)CCCCCCCCCCC)NC(=O)C(O)CCCCCCCCCCCC.[H-].[H-].[Na+].[Na+]. The number of ether oxygens (including phenoxy) is 4. The number of amides is 4. The van der Waals surface area contributed by atoms with Gasteiger partial charge >= 0.3 is 92.7 Å². The van der Waals surface area contributed by atoms with E-state index in [0.717, 1.165) is 154 Å². The molecule has 0 fully saturated rings. The quantitative estimate of drug-likeness (QED) is 0.0121. The second-order valence-corrected chi connectivity index (χ2v) is 33.2. The third kappa shape index (κ3) is 77.1. The number of esters is 2. The smallest absolute Gasteiger partial charge is 1.00 e. The summed E-state index contributed by atoms with van der Waals surface area (Å²) >= 11 is 0. The Hall–Kier alpha value is -0.790. The first-order chi connectivity index (χ1) is 52.3. The molecule has 0 bridgehead atoms. The summed E-state index contributed by atoms with van der Waals surface area (Å²) in [6.45, 7) is 10.6. The Morgan fingerprint density at radius 3 is 0.836 bits per heavy atom. The van der Waals surface area contributed by atoms with E-state index in [0.29, 0.717) is 51.4 Å². The predicted molar refractivity (Wildman–Crippen MR) is 437 cm³/mol. The Kier molecular flexibility index (Phi) is 85.8. The van der Waals surface area contributed by atoms with Crippen molar-refractivity contribution in [2.24, 2.45) is 0 Å². The Bertz CT molecular complexity index is 2060. The molecule has 8 N–H and O–H groups in total. The van der Waals surface area contributed by atoms with E-state index in [1.807, 2.05) is 0 Å². The molecule has 0 aliphatic rings. The molecule has 0 radical (unpaired) electrons. The van der Waals surface area contributed by atoms with Crippen LogP contribution in [0.4, 0.5) is 4.79 Å². The molecule has 4 amide bonds. The number of aliphatic hydroxyl groups excluding tert-OH is 2. The van der Waals surface area contributed by atoms with Crippen LogP contribution in [0, 0.1) is 0 Å². The summed E-state index contributed by atoms with van der Waals surface area (Å²) in [5, 5.41) is 32.1. The number of urea groups is 1. The van der Waals surface area contributed by atoms with Gasteiger partial charge in [0.25, 0.3) is 0 Å². The Morgan fingerprint density at radius 2 is 0.564 bits per heavy atom. The van der Waals surface area contributed by atoms with Crippen LogP contribution in [0.15, 0.2) is 0 Å². The van der Waals surface area contributed by atoms with Crippen molar-refractivity contribution in [2.45, 2.75) is 438 Å². The molecule has 4 unspecified atom stereocenters. The average Bonchev–Trinajstić information content (AvgIpc) is 0.881. The van der Waals surface area contributed by atoms with E-state index in [1.54, 1.807) is 0 Å². The molecular weight excluding hydrogens is 1460 g/mol. The standard InChI is InChI=1S/C83H164N4O19P2.2Na.2H/c1-7-13-19-25-29-33-37-39-45-51-57-77(88)81(92)86-73(69-99-65-61-75(55-49-43-23-17-11-5)105-79(90)59-53-47-41-35-31-27-21-15-9-3)71-103-107(95,96)101-67-63-84-83(94)85-64-68-102-108(97,98)104-72-74(87-82(93)78(89)58-52-46-40-38-34-30-26-20-14-8-2)70-100-66-62-76(56-50-44-24-18-12-6)106-80(91)60-54-48-42-36-32-28-22-16-10-4;;;;/h73-78,88-89H,7-72H2,1-6H3,(H,86,92)(H,87,93)(H,95,96)(H,97,98)(H2,84,85,94);;;;/q;2*+1;2*-1/t73-,74-,75-,76-,77?,78?;;;;/m1..../s1. The van der Waals surface area contributed by atoms with Gasteiger partial charge < -0.3 is 63.1 Å². The van der Waals surface area contributed by atoms with E-state index in [4.69, 9.17) is 37.0 Å². The third-order valence-corrected chi connectivity index (χ3v) is 21.7. The second-order valence-electron chi connectivity index (χ2n) is 30.3. The zero-order valence-electron chi connectivity index (χ0n) is 73.4. The summed E-state index contributed by atoms with van der Waals surface area (Å²) in [4.78, 5) is 87.0. The van der Waals surface area contributed by atoms with Gasteiger partial charge in [-0.1, -0.05) is 324 Å². The van der Waals surface area contributed by atoms with Crippen LogP contribution in [0.5, 0.6) is 0 Å². The van der Waals surface area contributed by atoms with Crippen molar-refractivity contribution in [1.82, 2.24) is 21.3 Å². The van der Waals surface area contributed by atoms with Crippen LogP contribution in [0.25, 0.3) is 0 Å². The Morgan fingerprint density at radius 1 is 0.318 bits per heavy atom. The van der Waals surface area contributed by atoms with E-state index in [1.165, 1.54) is 141 Å². The number of hydrogen-bond donors (Lipinski definition) is 8. The number of unbranched alkanes of at least 4 members (excludes halogenated alkanes) is 42. The molecule has 0 aliphatic heterocycles.